The number of hydrogen-bond acceptors (Lipinski definition) is 4. The molecule has 5 nitrogen and oxygen atoms in total. The first-order valence-electron chi connectivity index (χ1n) is 5.78. The van der Waals surface area contributed by atoms with Crippen molar-refractivity contribution < 1.29 is 4.42 Å². The van der Waals surface area contributed by atoms with Crippen molar-refractivity contribution in [2.75, 3.05) is 6.54 Å². The van der Waals surface area contributed by atoms with Crippen LogP contribution in [0, 0.1) is 13.8 Å². The summed E-state index contributed by atoms with van der Waals surface area (Å²) < 4.78 is 7.38. The number of furan rings is 1. The fraction of sp³-hybridized carbons (Fsp3) is 0.500. The van der Waals surface area contributed by atoms with Crippen LogP contribution in [0.3, 0.4) is 0 Å². The van der Waals surface area contributed by atoms with Gasteiger partial charge in [-0.1, -0.05) is 12.1 Å². The maximum Gasteiger partial charge on any atom is 0.106 e. The standard InChI is InChI=1S/C12H18N4O/c1-5-13-12(11-7-14-15-16(11)4)10-6-8(2)17-9(10)3/h6-7,12-13H,5H2,1-4H3. The molecule has 0 bridgehead atoms. The van der Waals surface area contributed by atoms with Crippen molar-refractivity contribution in [3.63, 3.8) is 0 Å². The summed E-state index contributed by atoms with van der Waals surface area (Å²) in [5, 5.41) is 11.3. The van der Waals surface area contributed by atoms with Crippen LogP contribution in [0.2, 0.25) is 0 Å². The minimum absolute atomic E-state index is 0.0810. The number of aromatic nitrogens is 3. The number of nitrogens with one attached hydrogen (secondary N) is 1. The SMILES string of the molecule is CCNC(c1cc(C)oc1C)c1cnnn1C. The monoisotopic (exact) mass is 234 g/mol. The quantitative estimate of drug-likeness (QED) is 0.875. The molecule has 0 amide bonds. The normalized spacial score (nSPS) is 12.9. The zero-order chi connectivity index (χ0) is 12.4. The molecular formula is C12H18N4O. The number of aryl methyl sites for hydroxylation is 3. The first kappa shape index (κ1) is 11.9. The third-order valence-electron chi connectivity index (χ3n) is 2.84. The van der Waals surface area contributed by atoms with Crippen molar-refractivity contribution in [2.24, 2.45) is 7.05 Å². The van der Waals surface area contributed by atoms with Crippen LogP contribution < -0.4 is 5.32 Å². The Kier molecular flexibility index (Phi) is 3.28. The largest absolute Gasteiger partial charge is 0.466 e. The molecule has 0 radical (unpaired) electrons. The van der Waals surface area contributed by atoms with Gasteiger partial charge in [-0.2, -0.15) is 0 Å². The highest BCUT2D eigenvalue weighted by atomic mass is 16.3. The van der Waals surface area contributed by atoms with Crippen LogP contribution >= 0.6 is 0 Å². The van der Waals surface area contributed by atoms with Gasteiger partial charge >= 0.3 is 0 Å². The van der Waals surface area contributed by atoms with E-state index in [4.69, 9.17) is 4.42 Å². The lowest BCUT2D eigenvalue weighted by atomic mass is 10.0. The van der Waals surface area contributed by atoms with Crippen LogP contribution in [0.1, 0.15) is 35.7 Å². The average molecular weight is 234 g/mol. The van der Waals surface area contributed by atoms with Gasteiger partial charge in [0, 0.05) is 12.6 Å². The maximum absolute atomic E-state index is 5.59. The summed E-state index contributed by atoms with van der Waals surface area (Å²) >= 11 is 0. The first-order valence-corrected chi connectivity index (χ1v) is 5.78. The summed E-state index contributed by atoms with van der Waals surface area (Å²) in [6, 6.07) is 2.15. The maximum atomic E-state index is 5.59. The number of hydrogen-bond donors (Lipinski definition) is 1. The van der Waals surface area contributed by atoms with Crippen LogP contribution in [0.15, 0.2) is 16.7 Å². The van der Waals surface area contributed by atoms with Gasteiger partial charge in [0.25, 0.3) is 0 Å². The molecule has 0 aliphatic rings. The van der Waals surface area contributed by atoms with E-state index in [2.05, 4.69) is 28.6 Å². The highest BCUT2D eigenvalue weighted by molar-refractivity contribution is 5.30. The molecule has 0 aliphatic heterocycles. The highest BCUT2D eigenvalue weighted by Gasteiger charge is 2.21. The summed E-state index contributed by atoms with van der Waals surface area (Å²) in [7, 11) is 1.90. The van der Waals surface area contributed by atoms with E-state index in [0.717, 1.165) is 29.3 Å². The molecule has 2 aromatic heterocycles. The molecule has 1 unspecified atom stereocenters. The fourth-order valence-corrected chi connectivity index (χ4v) is 2.07. The van der Waals surface area contributed by atoms with Crippen molar-refractivity contribution >= 4 is 0 Å². The lowest BCUT2D eigenvalue weighted by Gasteiger charge is -2.16. The van der Waals surface area contributed by atoms with Crippen molar-refractivity contribution in [1.82, 2.24) is 20.3 Å². The van der Waals surface area contributed by atoms with Gasteiger partial charge in [0.1, 0.15) is 11.5 Å². The van der Waals surface area contributed by atoms with Gasteiger partial charge in [-0.3, -0.25) is 4.68 Å². The molecule has 0 spiro atoms. The summed E-state index contributed by atoms with van der Waals surface area (Å²) in [6.07, 6.45) is 1.79. The zero-order valence-corrected chi connectivity index (χ0v) is 10.7. The van der Waals surface area contributed by atoms with Gasteiger partial charge in [-0.15, -0.1) is 5.10 Å². The fourth-order valence-electron chi connectivity index (χ4n) is 2.07. The van der Waals surface area contributed by atoms with Crippen molar-refractivity contribution in [3.8, 4) is 0 Å². The Bertz CT molecular complexity index is 500. The topological polar surface area (TPSA) is 55.9 Å². The molecule has 2 heterocycles. The Labute approximate surface area is 101 Å². The van der Waals surface area contributed by atoms with E-state index in [1.165, 1.54) is 0 Å². The van der Waals surface area contributed by atoms with Crippen LogP contribution in [0.25, 0.3) is 0 Å². The Balaban J connectivity index is 2.42. The lowest BCUT2D eigenvalue weighted by molar-refractivity contribution is 0.491. The van der Waals surface area contributed by atoms with E-state index >= 15 is 0 Å². The molecule has 0 fully saturated rings. The van der Waals surface area contributed by atoms with Gasteiger partial charge in [0.2, 0.25) is 0 Å². The van der Waals surface area contributed by atoms with E-state index in [1.807, 2.05) is 20.9 Å². The van der Waals surface area contributed by atoms with E-state index in [9.17, 15) is 0 Å². The molecule has 0 saturated carbocycles. The molecule has 92 valence electrons. The lowest BCUT2D eigenvalue weighted by Crippen LogP contribution is -2.24. The molecule has 0 aliphatic carbocycles. The summed E-state index contributed by atoms with van der Waals surface area (Å²) in [4.78, 5) is 0. The van der Waals surface area contributed by atoms with Crippen LogP contribution in [-0.2, 0) is 7.05 Å². The number of rotatable bonds is 4. The van der Waals surface area contributed by atoms with Gasteiger partial charge in [0.15, 0.2) is 0 Å². The molecule has 0 aromatic carbocycles. The Hall–Kier alpha value is -1.62. The van der Waals surface area contributed by atoms with E-state index in [1.54, 1.807) is 10.9 Å². The van der Waals surface area contributed by atoms with Gasteiger partial charge in [-0.05, 0) is 26.5 Å². The molecule has 0 saturated heterocycles. The van der Waals surface area contributed by atoms with Crippen molar-refractivity contribution in [1.29, 1.82) is 0 Å². The minimum atomic E-state index is 0.0810. The van der Waals surface area contributed by atoms with E-state index in [0.29, 0.717) is 0 Å². The van der Waals surface area contributed by atoms with E-state index in [-0.39, 0.29) is 6.04 Å². The Morgan fingerprint density at radius 2 is 2.24 bits per heavy atom. The third kappa shape index (κ3) is 2.24. The Morgan fingerprint density at radius 1 is 1.47 bits per heavy atom. The van der Waals surface area contributed by atoms with Crippen LogP contribution in [-0.4, -0.2) is 21.5 Å². The molecule has 5 heteroatoms. The van der Waals surface area contributed by atoms with Crippen LogP contribution in [0.5, 0.6) is 0 Å². The Morgan fingerprint density at radius 3 is 2.71 bits per heavy atom. The molecule has 17 heavy (non-hydrogen) atoms. The summed E-state index contributed by atoms with van der Waals surface area (Å²) in [6.45, 7) is 6.90. The molecule has 2 rings (SSSR count). The second-order valence-corrected chi connectivity index (χ2v) is 4.14. The van der Waals surface area contributed by atoms with Gasteiger partial charge in [-0.25, -0.2) is 0 Å². The van der Waals surface area contributed by atoms with Gasteiger partial charge in [0.05, 0.1) is 17.9 Å². The second-order valence-electron chi connectivity index (χ2n) is 4.14. The number of nitrogens with zero attached hydrogens (tertiary/aromatic N) is 3. The van der Waals surface area contributed by atoms with Gasteiger partial charge < -0.3 is 9.73 Å². The van der Waals surface area contributed by atoms with E-state index < -0.39 is 0 Å². The predicted molar refractivity (Wildman–Crippen MR) is 64.7 cm³/mol. The molecule has 1 atom stereocenters. The molecular weight excluding hydrogens is 216 g/mol. The van der Waals surface area contributed by atoms with Crippen LogP contribution in [0.4, 0.5) is 0 Å². The minimum Gasteiger partial charge on any atom is -0.466 e. The third-order valence-corrected chi connectivity index (χ3v) is 2.84. The smallest absolute Gasteiger partial charge is 0.106 e. The molecule has 2 aromatic rings. The second kappa shape index (κ2) is 4.71. The molecule has 1 N–H and O–H groups in total. The summed E-state index contributed by atoms with van der Waals surface area (Å²) in [5.74, 6) is 1.87. The first-order chi connectivity index (χ1) is 8.13. The van der Waals surface area contributed by atoms with Crippen molar-refractivity contribution in [3.05, 3.63) is 35.0 Å². The zero-order valence-electron chi connectivity index (χ0n) is 10.7. The summed E-state index contributed by atoms with van der Waals surface area (Å²) in [5.41, 5.74) is 2.19. The highest BCUT2D eigenvalue weighted by Crippen LogP contribution is 2.26. The van der Waals surface area contributed by atoms with Crippen molar-refractivity contribution in [2.45, 2.75) is 26.8 Å². The average Bonchev–Trinajstić information content (AvgIpc) is 2.82. The predicted octanol–water partition coefficient (Wildman–Crippen LogP) is 1.72.